The minimum absolute atomic E-state index is 0.0118. The summed E-state index contributed by atoms with van der Waals surface area (Å²) in [4.78, 5) is 34.4. The van der Waals surface area contributed by atoms with E-state index in [0.29, 0.717) is 0 Å². The first-order chi connectivity index (χ1) is 12.7. The molecule has 0 aliphatic rings. The van der Waals surface area contributed by atoms with Crippen LogP contribution in [0.4, 0.5) is 14.9 Å². The Morgan fingerprint density at radius 2 is 2.04 bits per heavy atom. The van der Waals surface area contributed by atoms with Crippen LogP contribution in [-0.2, 0) is 11.3 Å². The van der Waals surface area contributed by atoms with Gasteiger partial charge < -0.3 is 15.2 Å². The number of nitro benzene ring substituents is 1. The maximum absolute atomic E-state index is 13.5. The molecule has 0 atom stereocenters. The van der Waals surface area contributed by atoms with Crippen molar-refractivity contribution in [1.82, 2.24) is 0 Å². The first-order valence-electron chi connectivity index (χ1n) is 7.13. The number of nitrogens with two attached hydrogens (primary N) is 1. The van der Waals surface area contributed by atoms with Crippen molar-refractivity contribution in [2.45, 2.75) is 6.61 Å². The fourth-order valence-corrected chi connectivity index (χ4v) is 3.32. The summed E-state index contributed by atoms with van der Waals surface area (Å²) in [6.45, 7) is -0.423. The summed E-state index contributed by atoms with van der Waals surface area (Å²) in [7, 11) is 1.25. The van der Waals surface area contributed by atoms with E-state index in [4.69, 9.17) is 22.1 Å². The molecule has 0 heterocycles. The summed E-state index contributed by atoms with van der Waals surface area (Å²) in [6, 6.07) is 4.09. The molecule has 0 aliphatic heterocycles. The minimum Gasteiger partial charge on any atom is -0.495 e. The molecule has 2 N–H and O–H groups in total. The Bertz CT molecular complexity index is 953. The van der Waals surface area contributed by atoms with E-state index >= 15 is 0 Å². The number of halogens is 3. The Labute approximate surface area is 165 Å². The van der Waals surface area contributed by atoms with Crippen molar-refractivity contribution >= 4 is 45.1 Å². The molecule has 0 spiro atoms. The number of rotatable bonds is 6. The molecular formula is C16H11BrClFN2O6. The number of hydrogen-bond donors (Lipinski definition) is 1. The number of amides is 1. The third-order valence-electron chi connectivity index (χ3n) is 3.45. The van der Waals surface area contributed by atoms with Crippen LogP contribution in [0.2, 0.25) is 5.02 Å². The zero-order valence-electron chi connectivity index (χ0n) is 13.6. The second-order valence-corrected chi connectivity index (χ2v) is 6.30. The molecule has 2 aromatic rings. The number of primary amides is 1. The molecule has 8 nitrogen and oxygen atoms in total. The molecule has 0 fully saturated rings. The number of nitrogens with zero attached hydrogens (tertiary/aromatic N) is 1. The standard InChI is InChI=1S/C16H11BrClFN2O6/c1-26-15-7(6-27-16(20)23)4-11(21(24)25)12(13(15)17)14(22)9-5-8(19)2-3-10(9)18/h2-5H,6H2,1H3,(H2,20,23). The summed E-state index contributed by atoms with van der Waals surface area (Å²) in [6.07, 6.45) is -1.09. The molecule has 0 saturated carbocycles. The first-order valence-corrected chi connectivity index (χ1v) is 8.30. The van der Waals surface area contributed by atoms with Gasteiger partial charge in [-0.2, -0.15) is 0 Å². The molecule has 0 radical (unpaired) electrons. The number of nitro groups is 1. The van der Waals surface area contributed by atoms with E-state index in [2.05, 4.69) is 20.7 Å². The topological polar surface area (TPSA) is 122 Å². The lowest BCUT2D eigenvalue weighted by Gasteiger charge is -2.14. The van der Waals surface area contributed by atoms with Crippen molar-refractivity contribution in [3.63, 3.8) is 0 Å². The van der Waals surface area contributed by atoms with Gasteiger partial charge in [0.1, 0.15) is 23.7 Å². The summed E-state index contributed by atoms with van der Waals surface area (Å²) >= 11 is 9.04. The normalized spacial score (nSPS) is 10.4. The third-order valence-corrected chi connectivity index (χ3v) is 4.53. The van der Waals surface area contributed by atoms with Crippen molar-refractivity contribution in [2.75, 3.05) is 7.11 Å². The van der Waals surface area contributed by atoms with Crippen molar-refractivity contribution in [3.05, 3.63) is 66.4 Å². The molecule has 0 aliphatic carbocycles. The van der Waals surface area contributed by atoms with Crippen molar-refractivity contribution in [3.8, 4) is 5.75 Å². The fourth-order valence-electron chi connectivity index (χ4n) is 2.31. The Morgan fingerprint density at radius 1 is 1.37 bits per heavy atom. The van der Waals surface area contributed by atoms with Crippen LogP contribution >= 0.6 is 27.5 Å². The highest BCUT2D eigenvalue weighted by Gasteiger charge is 2.31. The molecule has 27 heavy (non-hydrogen) atoms. The first kappa shape index (κ1) is 20.6. The van der Waals surface area contributed by atoms with Gasteiger partial charge in [0.2, 0.25) is 5.78 Å². The van der Waals surface area contributed by atoms with Gasteiger partial charge in [-0.15, -0.1) is 0 Å². The van der Waals surface area contributed by atoms with Crippen LogP contribution in [0.5, 0.6) is 5.75 Å². The number of methoxy groups -OCH3 is 1. The van der Waals surface area contributed by atoms with Gasteiger partial charge in [-0.3, -0.25) is 14.9 Å². The molecule has 2 aromatic carbocycles. The Hall–Kier alpha value is -2.72. The predicted octanol–water partition coefficient (Wildman–Crippen LogP) is 3.98. The molecule has 2 rings (SSSR count). The SMILES string of the molecule is COc1c(COC(N)=O)cc([N+](=O)[O-])c(C(=O)c2cc(F)ccc2Cl)c1Br. The van der Waals surface area contributed by atoms with Gasteiger partial charge in [0, 0.05) is 17.2 Å². The number of carbonyl (C=O) groups is 2. The molecular weight excluding hydrogens is 451 g/mol. The van der Waals surface area contributed by atoms with Gasteiger partial charge in [-0.25, -0.2) is 9.18 Å². The maximum atomic E-state index is 13.5. The highest BCUT2D eigenvalue weighted by molar-refractivity contribution is 9.10. The van der Waals surface area contributed by atoms with Gasteiger partial charge in [0.15, 0.2) is 0 Å². The quantitative estimate of drug-likeness (QED) is 0.394. The van der Waals surface area contributed by atoms with E-state index in [9.17, 15) is 24.1 Å². The van der Waals surface area contributed by atoms with Gasteiger partial charge in [-0.1, -0.05) is 11.6 Å². The summed E-state index contributed by atoms with van der Waals surface area (Å²) in [5.41, 5.74) is 3.72. The number of ether oxygens (including phenoxy) is 2. The molecule has 0 bridgehead atoms. The highest BCUT2D eigenvalue weighted by atomic mass is 79.9. The smallest absolute Gasteiger partial charge is 0.404 e. The van der Waals surface area contributed by atoms with Gasteiger partial charge in [0.05, 0.1) is 21.5 Å². The maximum Gasteiger partial charge on any atom is 0.404 e. The lowest BCUT2D eigenvalue weighted by Crippen LogP contribution is -2.14. The van der Waals surface area contributed by atoms with Crippen molar-refractivity contribution in [2.24, 2.45) is 5.73 Å². The molecule has 0 unspecified atom stereocenters. The molecule has 11 heteroatoms. The summed E-state index contributed by atoms with van der Waals surface area (Å²) in [5, 5.41) is 11.4. The Morgan fingerprint density at radius 3 is 2.59 bits per heavy atom. The van der Waals surface area contributed by atoms with Crippen LogP contribution in [0, 0.1) is 15.9 Å². The van der Waals surface area contributed by atoms with Crippen molar-refractivity contribution < 1.29 is 28.4 Å². The van der Waals surface area contributed by atoms with E-state index < -0.39 is 40.5 Å². The van der Waals surface area contributed by atoms with E-state index in [-0.39, 0.29) is 26.4 Å². The molecule has 1 amide bonds. The summed E-state index contributed by atoms with van der Waals surface area (Å²) < 4.78 is 23.3. The fraction of sp³-hybridized carbons (Fsp3) is 0.125. The van der Waals surface area contributed by atoms with E-state index in [0.717, 1.165) is 24.3 Å². The van der Waals surface area contributed by atoms with Crippen LogP contribution in [-0.4, -0.2) is 23.9 Å². The van der Waals surface area contributed by atoms with Crippen LogP contribution in [0.25, 0.3) is 0 Å². The van der Waals surface area contributed by atoms with Crippen molar-refractivity contribution in [1.29, 1.82) is 0 Å². The molecule has 0 saturated heterocycles. The second-order valence-electron chi connectivity index (χ2n) is 5.10. The van der Waals surface area contributed by atoms with Crippen LogP contribution in [0.3, 0.4) is 0 Å². The van der Waals surface area contributed by atoms with Crippen LogP contribution < -0.4 is 10.5 Å². The summed E-state index contributed by atoms with van der Waals surface area (Å²) in [5.74, 6) is -1.61. The number of carbonyl (C=O) groups excluding carboxylic acids is 2. The minimum atomic E-state index is -1.09. The zero-order chi connectivity index (χ0) is 20.3. The average Bonchev–Trinajstić information content (AvgIpc) is 2.60. The van der Waals surface area contributed by atoms with Gasteiger partial charge in [0.25, 0.3) is 5.69 Å². The number of ketones is 1. The van der Waals surface area contributed by atoms with Gasteiger partial charge in [-0.05, 0) is 34.1 Å². The molecule has 0 aromatic heterocycles. The Balaban J connectivity index is 2.71. The second kappa shape index (κ2) is 8.31. The largest absolute Gasteiger partial charge is 0.495 e. The number of benzene rings is 2. The lowest BCUT2D eigenvalue weighted by atomic mass is 9.99. The number of hydrogen-bond acceptors (Lipinski definition) is 6. The molecule has 142 valence electrons. The third kappa shape index (κ3) is 4.34. The van der Waals surface area contributed by atoms with Crippen LogP contribution in [0.15, 0.2) is 28.7 Å². The monoisotopic (exact) mass is 460 g/mol. The highest BCUT2D eigenvalue weighted by Crippen LogP contribution is 2.40. The predicted molar refractivity (Wildman–Crippen MR) is 96.6 cm³/mol. The van der Waals surface area contributed by atoms with E-state index in [1.807, 2.05) is 0 Å². The van der Waals surface area contributed by atoms with E-state index in [1.165, 1.54) is 7.11 Å². The van der Waals surface area contributed by atoms with E-state index in [1.54, 1.807) is 0 Å². The average molecular weight is 462 g/mol. The Kier molecular flexibility index (Phi) is 6.34. The zero-order valence-corrected chi connectivity index (χ0v) is 16.0. The van der Waals surface area contributed by atoms with Crippen LogP contribution in [0.1, 0.15) is 21.5 Å². The van der Waals surface area contributed by atoms with Gasteiger partial charge >= 0.3 is 6.09 Å². The lowest BCUT2D eigenvalue weighted by molar-refractivity contribution is -0.385.